The number of carbonyl (C=O) groups is 2. The van der Waals surface area contributed by atoms with Crippen LogP contribution in [0.4, 0.5) is 5.69 Å². The Morgan fingerprint density at radius 2 is 1.58 bits per heavy atom. The maximum absolute atomic E-state index is 13.5. The van der Waals surface area contributed by atoms with Crippen LogP contribution in [0.25, 0.3) is 0 Å². The fourth-order valence-corrected chi connectivity index (χ4v) is 5.73. The molecule has 12 heteroatoms. The molecule has 0 aliphatic carbocycles. The van der Waals surface area contributed by atoms with Crippen LogP contribution in [0, 0.1) is 0 Å². The van der Waals surface area contributed by atoms with Gasteiger partial charge in [-0.2, -0.15) is 0 Å². The second-order valence-corrected chi connectivity index (χ2v) is 12.6. The number of hydrogen-bond acceptors (Lipinski definition) is 4. The Bertz CT molecular complexity index is 1240. The molecule has 7 nitrogen and oxygen atoms in total. The van der Waals surface area contributed by atoms with Gasteiger partial charge in [0.15, 0.2) is 0 Å². The molecule has 0 aromatic heterocycles. The van der Waals surface area contributed by atoms with Crippen molar-refractivity contribution in [1.29, 1.82) is 0 Å². The Labute approximate surface area is 245 Å². The van der Waals surface area contributed by atoms with Gasteiger partial charge in [0.2, 0.25) is 21.8 Å². The van der Waals surface area contributed by atoms with Crippen LogP contribution in [-0.2, 0) is 26.2 Å². The van der Waals surface area contributed by atoms with Crippen molar-refractivity contribution in [2.45, 2.75) is 65.1 Å². The third-order valence-corrected chi connectivity index (χ3v) is 8.39. The van der Waals surface area contributed by atoms with Crippen LogP contribution in [-0.4, -0.2) is 50.0 Å². The molecule has 0 spiro atoms. The van der Waals surface area contributed by atoms with Crippen LogP contribution in [0.2, 0.25) is 20.1 Å². The Balaban J connectivity index is 2.30. The highest BCUT2D eigenvalue weighted by atomic mass is 35.5. The summed E-state index contributed by atoms with van der Waals surface area (Å²) in [5, 5.41) is 4.34. The van der Waals surface area contributed by atoms with Gasteiger partial charge in [-0.05, 0) is 62.1 Å². The van der Waals surface area contributed by atoms with Gasteiger partial charge < -0.3 is 10.2 Å². The summed E-state index contributed by atoms with van der Waals surface area (Å²) in [4.78, 5) is 28.1. The number of amides is 2. The van der Waals surface area contributed by atoms with E-state index in [0.717, 1.165) is 17.0 Å². The molecule has 0 aliphatic heterocycles. The van der Waals surface area contributed by atoms with E-state index in [1.54, 1.807) is 24.3 Å². The van der Waals surface area contributed by atoms with E-state index in [1.165, 1.54) is 17.0 Å². The number of hydrogen-bond donors (Lipinski definition) is 1. The average Bonchev–Trinajstić information content (AvgIpc) is 2.83. The van der Waals surface area contributed by atoms with E-state index in [4.69, 9.17) is 46.4 Å². The molecule has 0 saturated carbocycles. The van der Waals surface area contributed by atoms with Crippen molar-refractivity contribution in [2.24, 2.45) is 0 Å². The number of benzene rings is 2. The topological polar surface area (TPSA) is 86.8 Å². The SMILES string of the molecule is CC[C@@H](C)NC(=O)[C@H](CC)N(Cc1ccc(Cl)cc1Cl)C(=O)CCCN(c1cc(Cl)ccc1Cl)S(C)(=O)=O. The summed E-state index contributed by atoms with van der Waals surface area (Å²) in [6, 6.07) is 8.72. The van der Waals surface area contributed by atoms with Crippen molar-refractivity contribution in [2.75, 3.05) is 17.1 Å². The van der Waals surface area contributed by atoms with Gasteiger partial charge in [0.25, 0.3) is 0 Å². The Kier molecular flexibility index (Phi) is 12.5. The average molecular weight is 625 g/mol. The lowest BCUT2D eigenvalue weighted by atomic mass is 10.1. The highest BCUT2D eigenvalue weighted by Crippen LogP contribution is 2.31. The van der Waals surface area contributed by atoms with Crippen LogP contribution < -0.4 is 9.62 Å². The van der Waals surface area contributed by atoms with Crippen LogP contribution in [0.5, 0.6) is 0 Å². The smallest absolute Gasteiger partial charge is 0.243 e. The van der Waals surface area contributed by atoms with Gasteiger partial charge >= 0.3 is 0 Å². The molecule has 2 rings (SSSR count). The van der Waals surface area contributed by atoms with Crippen molar-refractivity contribution in [1.82, 2.24) is 10.2 Å². The number of rotatable bonds is 13. The van der Waals surface area contributed by atoms with Crippen LogP contribution in [0.15, 0.2) is 36.4 Å². The fourth-order valence-electron chi connectivity index (χ4n) is 3.85. The maximum Gasteiger partial charge on any atom is 0.243 e. The van der Waals surface area contributed by atoms with Gasteiger partial charge in [-0.15, -0.1) is 0 Å². The van der Waals surface area contributed by atoms with Crippen LogP contribution >= 0.6 is 46.4 Å². The minimum atomic E-state index is -3.71. The molecule has 0 saturated heterocycles. The van der Waals surface area contributed by atoms with Crippen LogP contribution in [0.1, 0.15) is 52.0 Å². The highest BCUT2D eigenvalue weighted by Gasteiger charge is 2.30. The number of sulfonamides is 1. The van der Waals surface area contributed by atoms with Gasteiger partial charge in [-0.1, -0.05) is 66.3 Å². The molecule has 2 aromatic carbocycles. The molecule has 0 aliphatic rings. The summed E-state index contributed by atoms with van der Waals surface area (Å²) < 4.78 is 26.2. The molecule has 0 heterocycles. The molecule has 2 aromatic rings. The van der Waals surface area contributed by atoms with E-state index < -0.39 is 16.1 Å². The van der Waals surface area contributed by atoms with Crippen molar-refractivity contribution in [3.63, 3.8) is 0 Å². The zero-order chi connectivity index (χ0) is 28.6. The van der Waals surface area contributed by atoms with Gasteiger partial charge in [0, 0.05) is 40.6 Å². The zero-order valence-electron chi connectivity index (χ0n) is 21.8. The molecule has 0 unspecified atom stereocenters. The molecule has 1 N–H and O–H groups in total. The Morgan fingerprint density at radius 3 is 2.16 bits per heavy atom. The van der Waals surface area contributed by atoms with E-state index in [1.807, 2.05) is 20.8 Å². The zero-order valence-corrected chi connectivity index (χ0v) is 25.6. The van der Waals surface area contributed by atoms with E-state index >= 15 is 0 Å². The minimum Gasteiger partial charge on any atom is -0.352 e. The third-order valence-electron chi connectivity index (χ3n) is 6.07. The van der Waals surface area contributed by atoms with E-state index in [0.29, 0.717) is 27.1 Å². The first-order valence-electron chi connectivity index (χ1n) is 12.2. The van der Waals surface area contributed by atoms with Gasteiger partial charge in [0.05, 0.1) is 17.0 Å². The monoisotopic (exact) mass is 623 g/mol. The predicted molar refractivity (Wildman–Crippen MR) is 157 cm³/mol. The third kappa shape index (κ3) is 9.19. The maximum atomic E-state index is 13.5. The molecule has 2 atom stereocenters. The highest BCUT2D eigenvalue weighted by molar-refractivity contribution is 7.92. The van der Waals surface area contributed by atoms with Crippen molar-refractivity contribution in [3.8, 4) is 0 Å². The molecule has 0 fully saturated rings. The Hall–Kier alpha value is -1.71. The van der Waals surface area contributed by atoms with Crippen molar-refractivity contribution < 1.29 is 18.0 Å². The van der Waals surface area contributed by atoms with Crippen LogP contribution in [0.3, 0.4) is 0 Å². The second-order valence-electron chi connectivity index (χ2n) is 9.03. The standard InChI is InChI=1S/C26H33Cl4N3O4S/c1-5-17(3)31-26(35)23(6-2)32(16-18-9-10-19(27)14-22(18)30)25(34)8-7-13-33(38(4,36)37)24-15-20(28)11-12-21(24)29/h9-12,14-15,17,23H,5-8,13,16H2,1-4H3,(H,31,35)/t17-,23+/m1/s1. The summed E-state index contributed by atoms with van der Waals surface area (Å²) in [5.41, 5.74) is 0.876. The number of nitrogens with zero attached hydrogens (tertiary/aromatic N) is 2. The quantitative estimate of drug-likeness (QED) is 0.273. The van der Waals surface area contributed by atoms with E-state index in [2.05, 4.69) is 5.32 Å². The second kappa shape index (κ2) is 14.6. The van der Waals surface area contributed by atoms with Gasteiger partial charge in [-0.3, -0.25) is 13.9 Å². The largest absolute Gasteiger partial charge is 0.352 e. The fraction of sp³-hybridized carbons (Fsp3) is 0.462. The number of halogens is 4. The minimum absolute atomic E-state index is 0.00393. The summed E-state index contributed by atoms with van der Waals surface area (Å²) in [5.74, 6) is -0.573. The first kappa shape index (κ1) is 32.5. The van der Waals surface area contributed by atoms with E-state index in [9.17, 15) is 18.0 Å². The van der Waals surface area contributed by atoms with Gasteiger partial charge in [-0.25, -0.2) is 8.42 Å². The van der Waals surface area contributed by atoms with Crippen molar-refractivity contribution >= 4 is 73.9 Å². The normalized spacial score (nSPS) is 13.1. The van der Waals surface area contributed by atoms with E-state index in [-0.39, 0.29) is 54.5 Å². The lowest BCUT2D eigenvalue weighted by Crippen LogP contribution is -2.50. The van der Waals surface area contributed by atoms with Gasteiger partial charge in [0.1, 0.15) is 6.04 Å². The molecular weight excluding hydrogens is 592 g/mol. The summed E-state index contributed by atoms with van der Waals surface area (Å²) in [6.07, 6.45) is 2.36. The van der Waals surface area contributed by atoms with Crippen molar-refractivity contribution in [3.05, 3.63) is 62.1 Å². The molecule has 0 radical (unpaired) electrons. The molecular formula is C26H33Cl4N3O4S. The first-order valence-corrected chi connectivity index (χ1v) is 15.6. The summed E-state index contributed by atoms with van der Waals surface area (Å²) in [7, 11) is -3.71. The number of anilines is 1. The number of nitrogens with one attached hydrogen (secondary N) is 1. The summed E-state index contributed by atoms with van der Waals surface area (Å²) >= 11 is 24.7. The first-order chi connectivity index (χ1) is 17.8. The predicted octanol–water partition coefficient (Wildman–Crippen LogP) is 6.57. The molecule has 38 heavy (non-hydrogen) atoms. The Morgan fingerprint density at radius 1 is 0.947 bits per heavy atom. The molecule has 0 bridgehead atoms. The molecule has 2 amide bonds. The summed E-state index contributed by atoms with van der Waals surface area (Å²) in [6.45, 7) is 5.78. The molecule has 210 valence electrons. The lowest BCUT2D eigenvalue weighted by molar-refractivity contribution is -0.141. The number of carbonyl (C=O) groups excluding carboxylic acids is 2. The lowest BCUT2D eigenvalue weighted by Gasteiger charge is -2.32.